The monoisotopic (exact) mass is 252 g/mol. The Morgan fingerprint density at radius 1 is 1.60 bits per heavy atom. The van der Waals surface area contributed by atoms with Gasteiger partial charge in [-0.25, -0.2) is 13.1 Å². The largest absolute Gasteiger partial charge is 0.360 e. The molecular formula is C8H13ClN2O3S. The van der Waals surface area contributed by atoms with Crippen LogP contribution in [0.3, 0.4) is 0 Å². The van der Waals surface area contributed by atoms with Crippen LogP contribution in [0.1, 0.15) is 17.9 Å². The summed E-state index contributed by atoms with van der Waals surface area (Å²) in [5, 5.41) is 3.65. The maximum atomic E-state index is 11.3. The Hall–Kier alpha value is -0.590. The molecule has 0 aliphatic rings. The van der Waals surface area contributed by atoms with Gasteiger partial charge in [-0.1, -0.05) is 5.16 Å². The molecule has 0 amide bonds. The van der Waals surface area contributed by atoms with Crippen molar-refractivity contribution in [2.75, 3.05) is 11.6 Å². The standard InChI is InChI=1S/C8H13ClN2O3S/c1-7-5-8(14-11-7)6-10-15(12,13)4-2-3-9/h5,10H,2-4,6H2,1H3. The van der Waals surface area contributed by atoms with Crippen LogP contribution >= 0.6 is 11.6 Å². The molecule has 15 heavy (non-hydrogen) atoms. The quantitative estimate of drug-likeness (QED) is 0.768. The fraction of sp³-hybridized carbons (Fsp3) is 0.625. The highest BCUT2D eigenvalue weighted by Gasteiger charge is 2.10. The minimum absolute atomic E-state index is 0.0314. The van der Waals surface area contributed by atoms with Crippen molar-refractivity contribution in [3.8, 4) is 0 Å². The van der Waals surface area contributed by atoms with Gasteiger partial charge in [0.05, 0.1) is 18.0 Å². The zero-order valence-corrected chi connectivity index (χ0v) is 9.94. The molecule has 0 spiro atoms. The maximum absolute atomic E-state index is 11.3. The van der Waals surface area contributed by atoms with Crippen molar-refractivity contribution in [2.24, 2.45) is 0 Å². The molecule has 1 aromatic rings. The van der Waals surface area contributed by atoms with Crippen LogP contribution in [-0.2, 0) is 16.6 Å². The van der Waals surface area contributed by atoms with E-state index in [1.54, 1.807) is 13.0 Å². The van der Waals surface area contributed by atoms with Crippen LogP contribution < -0.4 is 4.72 Å². The molecule has 7 heteroatoms. The highest BCUT2D eigenvalue weighted by Crippen LogP contribution is 2.02. The first-order chi connectivity index (χ1) is 7.03. The summed E-state index contributed by atoms with van der Waals surface area (Å²) in [5.41, 5.74) is 0.727. The van der Waals surface area contributed by atoms with E-state index >= 15 is 0 Å². The van der Waals surface area contributed by atoms with E-state index in [1.165, 1.54) is 0 Å². The van der Waals surface area contributed by atoms with E-state index in [0.717, 1.165) is 5.69 Å². The predicted molar refractivity (Wildman–Crippen MR) is 57.2 cm³/mol. The number of alkyl halides is 1. The van der Waals surface area contributed by atoms with Gasteiger partial charge in [0.1, 0.15) is 0 Å². The van der Waals surface area contributed by atoms with Crippen molar-refractivity contribution in [3.63, 3.8) is 0 Å². The zero-order valence-electron chi connectivity index (χ0n) is 8.36. The van der Waals surface area contributed by atoms with Crippen molar-refractivity contribution in [1.82, 2.24) is 9.88 Å². The van der Waals surface area contributed by atoms with Gasteiger partial charge in [0.2, 0.25) is 10.0 Å². The lowest BCUT2D eigenvalue weighted by Gasteiger charge is -2.02. The van der Waals surface area contributed by atoms with Crippen molar-refractivity contribution in [2.45, 2.75) is 19.9 Å². The van der Waals surface area contributed by atoms with Gasteiger partial charge in [-0.05, 0) is 13.3 Å². The number of nitrogens with one attached hydrogen (secondary N) is 1. The van der Waals surface area contributed by atoms with Crippen molar-refractivity contribution < 1.29 is 12.9 Å². The normalized spacial score (nSPS) is 11.9. The first kappa shape index (κ1) is 12.5. The molecular weight excluding hydrogens is 240 g/mol. The van der Waals surface area contributed by atoms with Gasteiger partial charge in [0, 0.05) is 11.9 Å². The Kier molecular flexibility index (Phi) is 4.56. The molecule has 0 aliphatic carbocycles. The van der Waals surface area contributed by atoms with E-state index in [0.29, 0.717) is 18.1 Å². The molecule has 0 saturated carbocycles. The molecule has 1 N–H and O–H groups in total. The van der Waals surface area contributed by atoms with Crippen LogP contribution in [0.15, 0.2) is 10.6 Å². The molecule has 0 radical (unpaired) electrons. The molecule has 0 aromatic carbocycles. The fourth-order valence-corrected chi connectivity index (χ4v) is 2.32. The number of rotatable bonds is 6. The van der Waals surface area contributed by atoms with Crippen LogP contribution in [0.4, 0.5) is 0 Å². The second-order valence-corrected chi connectivity index (χ2v) is 5.42. The lowest BCUT2D eigenvalue weighted by Crippen LogP contribution is -2.25. The predicted octanol–water partition coefficient (Wildman–Crippen LogP) is 1.03. The van der Waals surface area contributed by atoms with E-state index in [-0.39, 0.29) is 12.3 Å². The highest BCUT2D eigenvalue weighted by atomic mass is 35.5. The van der Waals surface area contributed by atoms with Gasteiger partial charge in [0.25, 0.3) is 0 Å². The fourth-order valence-electron chi connectivity index (χ4n) is 0.997. The molecule has 86 valence electrons. The van der Waals surface area contributed by atoms with Crippen molar-refractivity contribution in [1.29, 1.82) is 0 Å². The lowest BCUT2D eigenvalue weighted by molar-refractivity contribution is 0.377. The SMILES string of the molecule is Cc1cc(CNS(=O)(=O)CCCCl)on1. The van der Waals surface area contributed by atoms with Crippen LogP contribution in [0, 0.1) is 6.92 Å². The number of nitrogens with zero attached hydrogens (tertiary/aromatic N) is 1. The third kappa shape index (κ3) is 4.63. The molecule has 1 heterocycles. The zero-order chi connectivity index (χ0) is 11.3. The highest BCUT2D eigenvalue weighted by molar-refractivity contribution is 7.89. The van der Waals surface area contributed by atoms with Gasteiger partial charge in [-0.3, -0.25) is 0 Å². The third-order valence-corrected chi connectivity index (χ3v) is 3.37. The Morgan fingerprint density at radius 2 is 2.33 bits per heavy atom. The molecule has 0 bridgehead atoms. The number of sulfonamides is 1. The summed E-state index contributed by atoms with van der Waals surface area (Å²) in [6.45, 7) is 1.90. The Bertz CT molecular complexity index is 402. The van der Waals surface area contributed by atoms with Crippen molar-refractivity contribution in [3.05, 3.63) is 17.5 Å². The van der Waals surface area contributed by atoms with Gasteiger partial charge < -0.3 is 4.52 Å². The van der Waals surface area contributed by atoms with Crippen molar-refractivity contribution >= 4 is 21.6 Å². The molecule has 1 rings (SSSR count). The molecule has 0 atom stereocenters. The maximum Gasteiger partial charge on any atom is 0.212 e. The summed E-state index contributed by atoms with van der Waals surface area (Å²) in [6, 6.07) is 1.68. The average Bonchev–Trinajstić information content (AvgIpc) is 2.59. The summed E-state index contributed by atoms with van der Waals surface area (Å²) < 4.78 is 29.9. The summed E-state index contributed by atoms with van der Waals surface area (Å²) >= 11 is 5.41. The van der Waals surface area contributed by atoms with Gasteiger partial charge in [-0.15, -0.1) is 11.6 Å². The summed E-state index contributed by atoms with van der Waals surface area (Å²) in [4.78, 5) is 0. The molecule has 0 aliphatic heterocycles. The first-order valence-electron chi connectivity index (χ1n) is 4.49. The summed E-state index contributed by atoms with van der Waals surface area (Å²) in [7, 11) is -3.25. The van der Waals surface area contributed by atoms with Gasteiger partial charge in [0.15, 0.2) is 5.76 Å². The summed E-state index contributed by atoms with van der Waals surface area (Å²) in [5.74, 6) is 0.869. The number of hydrogen-bond acceptors (Lipinski definition) is 4. The second kappa shape index (κ2) is 5.48. The number of aromatic nitrogens is 1. The molecule has 0 unspecified atom stereocenters. The minimum Gasteiger partial charge on any atom is -0.360 e. The van der Waals surface area contributed by atoms with Crippen LogP contribution in [0.25, 0.3) is 0 Å². The van der Waals surface area contributed by atoms with E-state index < -0.39 is 10.0 Å². The molecule has 0 fully saturated rings. The molecule has 1 aromatic heterocycles. The van der Waals surface area contributed by atoms with Gasteiger partial charge in [-0.2, -0.15) is 0 Å². The van der Waals surface area contributed by atoms with Gasteiger partial charge >= 0.3 is 0 Å². The van der Waals surface area contributed by atoms with E-state index in [2.05, 4.69) is 9.88 Å². The lowest BCUT2D eigenvalue weighted by atomic mass is 10.4. The van der Waals surface area contributed by atoms with Crippen LogP contribution in [0.5, 0.6) is 0 Å². The van der Waals surface area contributed by atoms with E-state index in [1.807, 2.05) is 0 Å². The molecule has 5 nitrogen and oxygen atoms in total. The Labute approximate surface area is 93.8 Å². The summed E-state index contributed by atoms with van der Waals surface area (Å²) in [6.07, 6.45) is 0.437. The average molecular weight is 253 g/mol. The number of aryl methyl sites for hydroxylation is 1. The Morgan fingerprint density at radius 3 is 2.87 bits per heavy atom. The Balaban J connectivity index is 2.42. The van der Waals surface area contributed by atoms with Crippen LogP contribution in [-0.4, -0.2) is 25.2 Å². The number of hydrogen-bond donors (Lipinski definition) is 1. The van der Waals surface area contributed by atoms with E-state index in [9.17, 15) is 8.42 Å². The first-order valence-corrected chi connectivity index (χ1v) is 6.67. The smallest absolute Gasteiger partial charge is 0.212 e. The topological polar surface area (TPSA) is 72.2 Å². The third-order valence-electron chi connectivity index (χ3n) is 1.69. The number of halogens is 1. The molecule has 0 saturated heterocycles. The van der Waals surface area contributed by atoms with Crippen LogP contribution in [0.2, 0.25) is 0 Å². The second-order valence-electron chi connectivity index (χ2n) is 3.12. The van der Waals surface area contributed by atoms with E-state index in [4.69, 9.17) is 16.1 Å². The minimum atomic E-state index is -3.25.